The first-order valence-corrected chi connectivity index (χ1v) is 7.62. The molecule has 0 radical (unpaired) electrons. The average molecular weight is 250 g/mol. The monoisotopic (exact) mass is 250 g/mol. The van der Waals surface area contributed by atoms with E-state index in [0.717, 1.165) is 18.4 Å². The summed E-state index contributed by atoms with van der Waals surface area (Å²) in [6.07, 6.45) is 6.76. The lowest BCUT2D eigenvalue weighted by atomic mass is 9.51. The van der Waals surface area contributed by atoms with Crippen LogP contribution in [0.3, 0.4) is 0 Å². The Labute approximate surface area is 110 Å². The minimum absolute atomic E-state index is 0.335. The molecule has 4 fully saturated rings. The van der Waals surface area contributed by atoms with Gasteiger partial charge in [0.05, 0.1) is 0 Å². The van der Waals surface area contributed by atoms with Gasteiger partial charge in [-0.25, -0.2) is 0 Å². The molecule has 0 aliphatic heterocycles. The molecule has 1 amide bonds. The molecule has 0 aromatic heterocycles. The van der Waals surface area contributed by atoms with Crippen molar-refractivity contribution in [1.82, 2.24) is 10.6 Å². The normalized spacial score (nSPS) is 42.9. The Balaban J connectivity index is 1.60. The van der Waals surface area contributed by atoms with Gasteiger partial charge in [0.25, 0.3) is 0 Å². The van der Waals surface area contributed by atoms with Gasteiger partial charge in [0.1, 0.15) is 0 Å². The van der Waals surface area contributed by atoms with Crippen LogP contribution >= 0.6 is 0 Å². The third kappa shape index (κ3) is 2.18. The van der Waals surface area contributed by atoms with E-state index in [-0.39, 0.29) is 0 Å². The second kappa shape index (κ2) is 4.84. The molecule has 4 saturated carbocycles. The van der Waals surface area contributed by atoms with Gasteiger partial charge in [-0.2, -0.15) is 0 Å². The summed E-state index contributed by atoms with van der Waals surface area (Å²) >= 11 is 0. The summed E-state index contributed by atoms with van der Waals surface area (Å²) in [5.74, 6) is 3.98. The molecule has 0 aromatic rings. The van der Waals surface area contributed by atoms with Gasteiger partial charge >= 0.3 is 0 Å². The quantitative estimate of drug-likeness (QED) is 0.798. The van der Waals surface area contributed by atoms with Crippen LogP contribution in [0.4, 0.5) is 0 Å². The highest BCUT2D eigenvalue weighted by molar-refractivity contribution is 5.79. The van der Waals surface area contributed by atoms with Crippen LogP contribution in [-0.4, -0.2) is 25.5 Å². The molecule has 0 heterocycles. The van der Waals surface area contributed by atoms with E-state index in [1.165, 1.54) is 32.1 Å². The van der Waals surface area contributed by atoms with E-state index >= 15 is 0 Å². The van der Waals surface area contributed by atoms with Crippen LogP contribution < -0.4 is 10.6 Å². The molecule has 18 heavy (non-hydrogen) atoms. The number of hydrogen-bond acceptors (Lipinski definition) is 2. The van der Waals surface area contributed by atoms with Crippen LogP contribution in [0.15, 0.2) is 0 Å². The van der Waals surface area contributed by atoms with Crippen LogP contribution in [0.1, 0.15) is 39.0 Å². The van der Waals surface area contributed by atoms with Crippen LogP contribution in [0.2, 0.25) is 0 Å². The molecule has 102 valence electrons. The van der Waals surface area contributed by atoms with Gasteiger partial charge in [-0.05, 0) is 69.7 Å². The van der Waals surface area contributed by atoms with Crippen molar-refractivity contribution < 1.29 is 4.79 Å². The number of carbonyl (C=O) groups excluding carboxylic acids is 1. The molecule has 1 unspecified atom stereocenters. The van der Waals surface area contributed by atoms with Crippen LogP contribution in [0, 0.1) is 29.6 Å². The molecular weight excluding hydrogens is 224 g/mol. The third-order valence-electron chi connectivity index (χ3n) is 5.60. The molecule has 0 aromatic carbocycles. The summed E-state index contributed by atoms with van der Waals surface area (Å²) in [6.45, 7) is 2.87. The van der Waals surface area contributed by atoms with Crippen molar-refractivity contribution in [3.05, 3.63) is 0 Å². The summed E-state index contributed by atoms with van der Waals surface area (Å²) in [5, 5.41) is 6.33. The molecule has 0 saturated heterocycles. The summed E-state index contributed by atoms with van der Waals surface area (Å²) < 4.78 is 0. The molecule has 4 aliphatic carbocycles. The van der Waals surface area contributed by atoms with Crippen molar-refractivity contribution in [2.24, 2.45) is 29.6 Å². The second-order valence-electron chi connectivity index (χ2n) is 6.89. The number of hydrogen-bond donors (Lipinski definition) is 2. The Morgan fingerprint density at radius 2 is 1.67 bits per heavy atom. The SMILES string of the molecule is CNC(C)CNC(=O)C1C2CC3CC(C2)CC1C3. The van der Waals surface area contributed by atoms with E-state index in [1.807, 2.05) is 7.05 Å². The molecule has 3 nitrogen and oxygen atoms in total. The molecule has 3 heteroatoms. The van der Waals surface area contributed by atoms with Crippen molar-refractivity contribution >= 4 is 5.91 Å². The number of nitrogens with one attached hydrogen (secondary N) is 2. The highest BCUT2D eigenvalue weighted by Crippen LogP contribution is 2.56. The summed E-state index contributed by atoms with van der Waals surface area (Å²) in [7, 11) is 1.94. The second-order valence-corrected chi connectivity index (χ2v) is 6.89. The summed E-state index contributed by atoms with van der Waals surface area (Å²) in [5.41, 5.74) is 0. The van der Waals surface area contributed by atoms with Gasteiger partial charge in [0.15, 0.2) is 0 Å². The lowest BCUT2D eigenvalue weighted by molar-refractivity contribution is -0.138. The molecular formula is C15H26N2O. The Kier molecular flexibility index (Phi) is 3.35. The lowest BCUT2D eigenvalue weighted by Crippen LogP contribution is -2.52. The van der Waals surface area contributed by atoms with Gasteiger partial charge in [0, 0.05) is 18.5 Å². The Morgan fingerprint density at radius 3 is 2.17 bits per heavy atom. The lowest BCUT2D eigenvalue weighted by Gasteiger charge is -2.53. The molecule has 2 N–H and O–H groups in total. The summed E-state index contributed by atoms with van der Waals surface area (Å²) in [4.78, 5) is 12.4. The van der Waals surface area contributed by atoms with Gasteiger partial charge in [0.2, 0.25) is 5.91 Å². The van der Waals surface area contributed by atoms with Crippen molar-refractivity contribution in [1.29, 1.82) is 0 Å². The predicted molar refractivity (Wildman–Crippen MR) is 72.1 cm³/mol. The first-order valence-electron chi connectivity index (χ1n) is 7.62. The van der Waals surface area contributed by atoms with Gasteiger partial charge in [-0.3, -0.25) is 4.79 Å². The molecule has 0 spiro atoms. The maximum atomic E-state index is 12.4. The van der Waals surface area contributed by atoms with Gasteiger partial charge < -0.3 is 10.6 Å². The van der Waals surface area contributed by atoms with E-state index in [2.05, 4.69) is 17.6 Å². The van der Waals surface area contributed by atoms with Gasteiger partial charge in [-0.1, -0.05) is 0 Å². The van der Waals surface area contributed by atoms with Crippen molar-refractivity contribution in [3.63, 3.8) is 0 Å². The topological polar surface area (TPSA) is 41.1 Å². The first-order chi connectivity index (χ1) is 8.67. The van der Waals surface area contributed by atoms with Crippen molar-refractivity contribution in [2.45, 2.75) is 45.1 Å². The number of amides is 1. The minimum atomic E-state index is 0.335. The molecule has 4 bridgehead atoms. The highest BCUT2D eigenvalue weighted by atomic mass is 16.1. The molecule has 1 atom stereocenters. The predicted octanol–water partition coefficient (Wildman–Crippen LogP) is 1.78. The fourth-order valence-corrected chi connectivity index (χ4v) is 4.83. The fraction of sp³-hybridized carbons (Fsp3) is 0.933. The van der Waals surface area contributed by atoms with Crippen LogP contribution in [0.25, 0.3) is 0 Å². The molecule has 4 rings (SSSR count). The van der Waals surface area contributed by atoms with E-state index in [9.17, 15) is 4.79 Å². The van der Waals surface area contributed by atoms with E-state index in [4.69, 9.17) is 0 Å². The van der Waals surface area contributed by atoms with Crippen LogP contribution in [-0.2, 0) is 4.79 Å². The maximum Gasteiger partial charge on any atom is 0.223 e. The fourth-order valence-electron chi connectivity index (χ4n) is 4.83. The first kappa shape index (κ1) is 12.5. The van der Waals surface area contributed by atoms with Crippen molar-refractivity contribution in [2.75, 3.05) is 13.6 Å². The summed E-state index contributed by atoms with van der Waals surface area (Å²) in [6, 6.07) is 0.366. The number of likely N-dealkylation sites (N-methyl/N-ethyl adjacent to an activating group) is 1. The smallest absolute Gasteiger partial charge is 0.223 e. The Hall–Kier alpha value is -0.570. The standard InChI is InChI=1S/C15H26N2O/c1-9(16-2)8-17-15(18)14-12-4-10-3-11(6-12)7-13(14)5-10/h9-14,16H,3-8H2,1-2H3,(H,17,18). The Bertz CT molecular complexity index is 300. The maximum absolute atomic E-state index is 12.4. The highest BCUT2D eigenvalue weighted by Gasteiger charge is 2.50. The van der Waals surface area contributed by atoms with Crippen molar-refractivity contribution in [3.8, 4) is 0 Å². The van der Waals surface area contributed by atoms with Gasteiger partial charge in [-0.15, -0.1) is 0 Å². The zero-order valence-electron chi connectivity index (χ0n) is 11.6. The Morgan fingerprint density at radius 1 is 1.11 bits per heavy atom. The minimum Gasteiger partial charge on any atom is -0.354 e. The molecule has 4 aliphatic rings. The number of rotatable bonds is 4. The van der Waals surface area contributed by atoms with E-state index in [1.54, 1.807) is 0 Å². The average Bonchev–Trinajstić information content (AvgIpc) is 2.34. The largest absolute Gasteiger partial charge is 0.354 e. The van der Waals surface area contributed by atoms with E-state index in [0.29, 0.717) is 29.7 Å². The van der Waals surface area contributed by atoms with Crippen LogP contribution in [0.5, 0.6) is 0 Å². The van der Waals surface area contributed by atoms with E-state index < -0.39 is 0 Å². The zero-order valence-corrected chi connectivity index (χ0v) is 11.6. The number of carbonyl (C=O) groups is 1. The third-order valence-corrected chi connectivity index (χ3v) is 5.60. The zero-order chi connectivity index (χ0) is 12.7.